The fourth-order valence-electron chi connectivity index (χ4n) is 4.41. The van der Waals surface area contributed by atoms with Gasteiger partial charge < -0.3 is 9.55 Å². The van der Waals surface area contributed by atoms with Crippen molar-refractivity contribution in [2.75, 3.05) is 0 Å². The molecule has 2 heteroatoms. The first-order valence-electron chi connectivity index (χ1n) is 9.62. The van der Waals surface area contributed by atoms with Crippen LogP contribution < -0.4 is 0 Å². The van der Waals surface area contributed by atoms with Crippen LogP contribution in [0.2, 0.25) is 0 Å². The molecule has 0 unspecified atom stereocenters. The monoisotopic (exact) mass is 350 g/mol. The second-order valence-electron chi connectivity index (χ2n) is 6.79. The minimum atomic E-state index is 1.20. The van der Waals surface area contributed by atoms with Crippen LogP contribution in [0.25, 0.3) is 54.4 Å². The first-order chi connectivity index (χ1) is 13.3. The number of nitrogens with one attached hydrogen (secondary N) is 1. The van der Waals surface area contributed by atoms with E-state index < -0.39 is 0 Å². The van der Waals surface area contributed by atoms with Crippen LogP contribution in [-0.4, -0.2) is 9.55 Å². The Morgan fingerprint density at radius 3 is 2.22 bits per heavy atom. The Morgan fingerprint density at radius 2 is 1.37 bits per heavy atom. The molecule has 2 heterocycles. The van der Waals surface area contributed by atoms with Gasteiger partial charge in [-0.2, -0.15) is 0 Å². The lowest BCUT2D eigenvalue weighted by atomic mass is 10.0. The molecule has 1 N–H and O–H groups in total. The molecule has 0 amide bonds. The summed E-state index contributed by atoms with van der Waals surface area (Å²) in [6, 6.07) is 26.2. The molecule has 0 bridgehead atoms. The second-order valence-corrected chi connectivity index (χ2v) is 6.79. The number of rotatable bonds is 0. The Kier molecular flexibility index (Phi) is 3.48. The van der Waals surface area contributed by atoms with Crippen LogP contribution >= 0.6 is 0 Å². The lowest BCUT2D eigenvalue weighted by molar-refractivity contribution is 1.02. The van der Waals surface area contributed by atoms with Crippen LogP contribution in [0.5, 0.6) is 0 Å². The van der Waals surface area contributed by atoms with Crippen molar-refractivity contribution in [2.24, 2.45) is 7.05 Å². The van der Waals surface area contributed by atoms with E-state index in [4.69, 9.17) is 0 Å². The third-order valence-corrected chi connectivity index (χ3v) is 5.53. The molecule has 2 nitrogen and oxygen atoms in total. The summed E-state index contributed by atoms with van der Waals surface area (Å²) in [5.74, 6) is 0. The van der Waals surface area contributed by atoms with Crippen LogP contribution in [-0.2, 0) is 7.05 Å². The van der Waals surface area contributed by atoms with Gasteiger partial charge >= 0.3 is 0 Å². The summed E-state index contributed by atoms with van der Waals surface area (Å²) in [6.45, 7) is 4.00. The van der Waals surface area contributed by atoms with E-state index in [1.165, 1.54) is 54.4 Å². The van der Waals surface area contributed by atoms with Crippen LogP contribution in [0, 0.1) is 0 Å². The molecule has 0 fully saturated rings. The molecule has 4 aromatic carbocycles. The lowest BCUT2D eigenvalue weighted by Gasteiger charge is -2.01. The number of nitrogens with zero attached hydrogens (tertiary/aromatic N) is 1. The highest BCUT2D eigenvalue weighted by Gasteiger charge is 2.15. The van der Waals surface area contributed by atoms with E-state index in [0.717, 1.165) is 0 Å². The van der Waals surface area contributed by atoms with Gasteiger partial charge in [0.05, 0.1) is 11.0 Å². The predicted octanol–water partition coefficient (Wildman–Crippen LogP) is 7.15. The third-order valence-electron chi connectivity index (χ3n) is 5.53. The Bertz CT molecular complexity index is 1450. The average molecular weight is 350 g/mol. The summed E-state index contributed by atoms with van der Waals surface area (Å²) in [7, 11) is 2.16. The summed E-state index contributed by atoms with van der Waals surface area (Å²) < 4.78 is 2.31. The van der Waals surface area contributed by atoms with Crippen molar-refractivity contribution in [3.63, 3.8) is 0 Å². The van der Waals surface area contributed by atoms with E-state index in [-0.39, 0.29) is 0 Å². The van der Waals surface area contributed by atoms with Gasteiger partial charge in [-0.05, 0) is 22.9 Å². The Balaban J connectivity index is 0.000000777. The largest absolute Gasteiger partial charge is 0.353 e. The van der Waals surface area contributed by atoms with E-state index in [0.29, 0.717) is 0 Å². The third kappa shape index (κ3) is 2.07. The molecule has 0 aliphatic carbocycles. The summed E-state index contributed by atoms with van der Waals surface area (Å²) in [5.41, 5.74) is 4.97. The van der Waals surface area contributed by atoms with Gasteiger partial charge in [0.15, 0.2) is 0 Å². The highest BCUT2D eigenvalue weighted by Crippen LogP contribution is 2.38. The van der Waals surface area contributed by atoms with Gasteiger partial charge in [0, 0.05) is 39.6 Å². The number of aryl methyl sites for hydroxylation is 1. The molecule has 132 valence electrons. The normalized spacial score (nSPS) is 11.5. The van der Waals surface area contributed by atoms with Crippen molar-refractivity contribution in [2.45, 2.75) is 13.8 Å². The topological polar surface area (TPSA) is 20.7 Å². The van der Waals surface area contributed by atoms with Crippen molar-refractivity contribution < 1.29 is 0 Å². The lowest BCUT2D eigenvalue weighted by Crippen LogP contribution is -1.87. The van der Waals surface area contributed by atoms with Crippen LogP contribution in [0.3, 0.4) is 0 Å². The molecule has 0 atom stereocenters. The van der Waals surface area contributed by atoms with Gasteiger partial charge in [0.25, 0.3) is 0 Å². The molecule has 0 aliphatic rings. The SMILES string of the molecule is CC.Cn1c2ccccc2c2ccc3c([nH]c4ccc5ccccc5c43)c21. The molecule has 2 aromatic heterocycles. The van der Waals surface area contributed by atoms with Crippen LogP contribution in [0.1, 0.15) is 13.8 Å². The number of para-hydroxylation sites is 1. The number of aromatic amines is 1. The van der Waals surface area contributed by atoms with E-state index in [1.54, 1.807) is 0 Å². The highest BCUT2D eigenvalue weighted by atomic mass is 15.0. The van der Waals surface area contributed by atoms with Crippen molar-refractivity contribution in [3.05, 3.63) is 72.8 Å². The zero-order chi connectivity index (χ0) is 18.5. The molecule has 27 heavy (non-hydrogen) atoms. The van der Waals surface area contributed by atoms with Gasteiger partial charge in [-0.25, -0.2) is 0 Å². The maximum atomic E-state index is 3.69. The molecule has 6 aromatic rings. The van der Waals surface area contributed by atoms with Gasteiger partial charge in [0.1, 0.15) is 0 Å². The van der Waals surface area contributed by atoms with Crippen molar-refractivity contribution in [3.8, 4) is 0 Å². The van der Waals surface area contributed by atoms with Crippen LogP contribution in [0.15, 0.2) is 72.8 Å². The average Bonchev–Trinajstić information content (AvgIpc) is 3.26. The summed E-state index contributed by atoms with van der Waals surface area (Å²) in [6.07, 6.45) is 0. The molecule has 0 spiro atoms. The summed E-state index contributed by atoms with van der Waals surface area (Å²) >= 11 is 0. The predicted molar refractivity (Wildman–Crippen MR) is 119 cm³/mol. The Hall–Kier alpha value is -3.26. The van der Waals surface area contributed by atoms with Gasteiger partial charge in [0.2, 0.25) is 0 Å². The van der Waals surface area contributed by atoms with Crippen molar-refractivity contribution >= 4 is 54.4 Å². The number of H-pyrrole nitrogens is 1. The fourth-order valence-corrected chi connectivity index (χ4v) is 4.41. The molecule has 6 rings (SSSR count). The summed E-state index contributed by atoms with van der Waals surface area (Å²) in [4.78, 5) is 3.69. The molecular weight excluding hydrogens is 328 g/mol. The first-order valence-corrected chi connectivity index (χ1v) is 9.62. The Morgan fingerprint density at radius 1 is 0.667 bits per heavy atom. The van der Waals surface area contributed by atoms with Crippen molar-refractivity contribution in [1.82, 2.24) is 9.55 Å². The number of hydrogen-bond acceptors (Lipinski definition) is 0. The van der Waals surface area contributed by atoms with E-state index in [2.05, 4.69) is 89.4 Å². The fraction of sp³-hybridized carbons (Fsp3) is 0.120. The van der Waals surface area contributed by atoms with E-state index in [1.807, 2.05) is 13.8 Å². The molecule has 0 aliphatic heterocycles. The highest BCUT2D eigenvalue weighted by molar-refractivity contribution is 6.26. The molecule has 0 radical (unpaired) electrons. The zero-order valence-electron chi connectivity index (χ0n) is 15.9. The Labute approximate surface area is 158 Å². The maximum absolute atomic E-state index is 3.69. The standard InChI is InChI=1S/C23H16N2.C2H6/c1-25-20-9-5-4-8-16(20)17-11-12-18-21-15-7-3-2-6-14(15)10-13-19(21)24-22(18)23(17)25;1-2/h2-13,24H,1H3;1-2H3. The van der Waals surface area contributed by atoms with Crippen molar-refractivity contribution in [1.29, 1.82) is 0 Å². The van der Waals surface area contributed by atoms with Gasteiger partial charge in [-0.15, -0.1) is 0 Å². The van der Waals surface area contributed by atoms with E-state index in [9.17, 15) is 0 Å². The number of aromatic nitrogens is 2. The number of benzene rings is 4. The summed E-state index contributed by atoms with van der Waals surface area (Å²) in [5, 5.41) is 7.83. The minimum absolute atomic E-state index is 1.20. The molecule has 0 saturated carbocycles. The molecular formula is C25H22N2. The van der Waals surface area contributed by atoms with Gasteiger partial charge in [-0.3, -0.25) is 0 Å². The smallest absolute Gasteiger partial charge is 0.0734 e. The second kappa shape index (κ2) is 5.88. The van der Waals surface area contributed by atoms with E-state index >= 15 is 0 Å². The molecule has 0 saturated heterocycles. The van der Waals surface area contributed by atoms with Crippen LogP contribution in [0.4, 0.5) is 0 Å². The minimum Gasteiger partial charge on any atom is -0.353 e. The number of fused-ring (bicyclic) bond motifs is 9. The van der Waals surface area contributed by atoms with Gasteiger partial charge in [-0.1, -0.05) is 74.5 Å². The first kappa shape index (κ1) is 16.0. The maximum Gasteiger partial charge on any atom is 0.0734 e. The quantitative estimate of drug-likeness (QED) is 0.300. The number of hydrogen-bond donors (Lipinski definition) is 1. The zero-order valence-corrected chi connectivity index (χ0v) is 15.9.